The van der Waals surface area contributed by atoms with Gasteiger partial charge in [-0.1, -0.05) is 0 Å². The van der Waals surface area contributed by atoms with Gasteiger partial charge in [0.15, 0.2) is 0 Å². The molecule has 1 aromatic rings. The molecule has 0 aliphatic carbocycles. The normalized spacial score (nSPS) is 17.3. The lowest BCUT2D eigenvalue weighted by atomic mass is 10.0. The lowest BCUT2D eigenvalue weighted by Gasteiger charge is -2.22. The molecule has 1 fully saturated rings. The minimum Gasteiger partial charge on any atom is -0.497 e. The van der Waals surface area contributed by atoms with E-state index in [2.05, 4.69) is 4.72 Å². The molecule has 1 saturated heterocycles. The lowest BCUT2D eigenvalue weighted by Crippen LogP contribution is -2.32. The maximum absolute atomic E-state index is 12.1. The second-order valence-corrected chi connectivity index (χ2v) is 6.35. The number of methoxy groups -OCH3 is 1. The second-order valence-electron chi connectivity index (χ2n) is 4.58. The van der Waals surface area contributed by atoms with Gasteiger partial charge in [-0.3, -0.25) is 0 Å². The zero-order valence-corrected chi connectivity index (χ0v) is 11.8. The van der Waals surface area contributed by atoms with E-state index in [4.69, 9.17) is 9.47 Å². The van der Waals surface area contributed by atoms with E-state index < -0.39 is 10.0 Å². The Kier molecular flexibility index (Phi) is 4.79. The van der Waals surface area contributed by atoms with Crippen LogP contribution in [0.5, 0.6) is 5.75 Å². The molecule has 0 saturated carbocycles. The summed E-state index contributed by atoms with van der Waals surface area (Å²) in [6.07, 6.45) is 1.82. The Bertz CT molecular complexity index is 492. The van der Waals surface area contributed by atoms with Gasteiger partial charge in [-0.25, -0.2) is 13.1 Å². The van der Waals surface area contributed by atoms with E-state index in [9.17, 15) is 8.42 Å². The average Bonchev–Trinajstić information content (AvgIpc) is 2.46. The first kappa shape index (κ1) is 14.3. The van der Waals surface area contributed by atoms with Crippen LogP contribution in [0, 0.1) is 5.92 Å². The van der Waals surface area contributed by atoms with E-state index in [1.54, 1.807) is 31.4 Å². The Balaban J connectivity index is 1.96. The molecule has 0 bridgehead atoms. The summed E-state index contributed by atoms with van der Waals surface area (Å²) in [6, 6.07) is 6.38. The molecule has 1 heterocycles. The van der Waals surface area contributed by atoms with Crippen molar-refractivity contribution in [1.29, 1.82) is 0 Å². The van der Waals surface area contributed by atoms with Gasteiger partial charge in [0.2, 0.25) is 10.0 Å². The minimum absolute atomic E-state index is 0.264. The van der Waals surface area contributed by atoms with Crippen LogP contribution in [0.2, 0.25) is 0 Å². The Labute approximate surface area is 114 Å². The summed E-state index contributed by atoms with van der Waals surface area (Å²) in [4.78, 5) is 0.264. The van der Waals surface area contributed by atoms with Crippen LogP contribution in [-0.4, -0.2) is 35.3 Å². The largest absolute Gasteiger partial charge is 0.497 e. The smallest absolute Gasteiger partial charge is 0.240 e. The van der Waals surface area contributed by atoms with Crippen molar-refractivity contribution in [2.45, 2.75) is 17.7 Å². The summed E-state index contributed by atoms with van der Waals surface area (Å²) in [5.41, 5.74) is 0. The van der Waals surface area contributed by atoms with Crippen LogP contribution in [0.3, 0.4) is 0 Å². The molecular weight excluding hydrogens is 266 g/mol. The molecule has 6 heteroatoms. The standard InChI is InChI=1S/C13H19NO4S/c1-17-12-2-4-13(5-3-12)19(15,16)14-10-11-6-8-18-9-7-11/h2-5,11,14H,6-10H2,1H3. The van der Waals surface area contributed by atoms with Gasteiger partial charge in [-0.05, 0) is 43.0 Å². The summed E-state index contributed by atoms with van der Waals surface area (Å²) in [5, 5.41) is 0. The molecule has 0 spiro atoms. The predicted octanol–water partition coefficient (Wildman–Crippen LogP) is 1.40. The maximum Gasteiger partial charge on any atom is 0.240 e. The van der Waals surface area contributed by atoms with Crippen LogP contribution in [0.1, 0.15) is 12.8 Å². The molecule has 106 valence electrons. The molecule has 0 amide bonds. The third-order valence-electron chi connectivity index (χ3n) is 3.27. The van der Waals surface area contributed by atoms with E-state index in [0.29, 0.717) is 18.2 Å². The van der Waals surface area contributed by atoms with Gasteiger partial charge in [0.25, 0.3) is 0 Å². The molecule has 1 aromatic carbocycles. The number of hydrogen-bond donors (Lipinski definition) is 1. The molecule has 19 heavy (non-hydrogen) atoms. The summed E-state index contributed by atoms with van der Waals surface area (Å²) < 4.78 is 37.1. The molecule has 5 nitrogen and oxygen atoms in total. The van der Waals surface area contributed by atoms with Crippen LogP contribution in [0.15, 0.2) is 29.2 Å². The zero-order chi connectivity index (χ0) is 13.7. The minimum atomic E-state index is -3.43. The van der Waals surface area contributed by atoms with Crippen molar-refractivity contribution in [2.75, 3.05) is 26.9 Å². The number of rotatable bonds is 5. The highest BCUT2D eigenvalue weighted by molar-refractivity contribution is 7.89. The molecule has 0 aromatic heterocycles. The van der Waals surface area contributed by atoms with Gasteiger partial charge in [0.05, 0.1) is 12.0 Å². The molecule has 0 atom stereocenters. The van der Waals surface area contributed by atoms with E-state index in [-0.39, 0.29) is 4.90 Å². The van der Waals surface area contributed by atoms with E-state index >= 15 is 0 Å². The van der Waals surface area contributed by atoms with Crippen molar-refractivity contribution in [2.24, 2.45) is 5.92 Å². The summed E-state index contributed by atoms with van der Waals surface area (Å²) in [5.74, 6) is 1.00. The van der Waals surface area contributed by atoms with Crippen molar-refractivity contribution in [1.82, 2.24) is 4.72 Å². The Morgan fingerprint density at radius 2 is 1.89 bits per heavy atom. The van der Waals surface area contributed by atoms with Gasteiger partial charge in [0, 0.05) is 19.8 Å². The summed E-state index contributed by atoms with van der Waals surface area (Å²) in [7, 11) is -1.88. The predicted molar refractivity (Wildman–Crippen MR) is 71.7 cm³/mol. The fourth-order valence-electron chi connectivity index (χ4n) is 2.02. The lowest BCUT2D eigenvalue weighted by molar-refractivity contribution is 0.0678. The second kappa shape index (κ2) is 6.36. The van der Waals surface area contributed by atoms with Crippen LogP contribution < -0.4 is 9.46 Å². The first-order chi connectivity index (χ1) is 9.12. The fourth-order valence-corrected chi connectivity index (χ4v) is 3.13. The van der Waals surface area contributed by atoms with Crippen molar-refractivity contribution >= 4 is 10.0 Å². The molecule has 1 aliphatic heterocycles. The maximum atomic E-state index is 12.1. The first-order valence-electron chi connectivity index (χ1n) is 6.33. The summed E-state index contributed by atoms with van der Waals surface area (Å²) >= 11 is 0. The van der Waals surface area contributed by atoms with E-state index in [1.807, 2.05) is 0 Å². The number of benzene rings is 1. The van der Waals surface area contributed by atoms with Crippen molar-refractivity contribution in [3.05, 3.63) is 24.3 Å². The molecule has 0 radical (unpaired) electrons. The Morgan fingerprint density at radius 1 is 1.26 bits per heavy atom. The Hall–Kier alpha value is -1.11. The average molecular weight is 285 g/mol. The van der Waals surface area contributed by atoms with Crippen molar-refractivity contribution < 1.29 is 17.9 Å². The van der Waals surface area contributed by atoms with E-state index in [1.165, 1.54) is 0 Å². The quantitative estimate of drug-likeness (QED) is 0.888. The van der Waals surface area contributed by atoms with E-state index in [0.717, 1.165) is 26.1 Å². The number of ether oxygens (including phenoxy) is 2. The van der Waals surface area contributed by atoms with Crippen molar-refractivity contribution in [3.63, 3.8) is 0 Å². The van der Waals surface area contributed by atoms with Gasteiger partial charge in [0.1, 0.15) is 5.75 Å². The Morgan fingerprint density at radius 3 is 2.47 bits per heavy atom. The van der Waals surface area contributed by atoms with Crippen LogP contribution in [0.25, 0.3) is 0 Å². The number of nitrogens with one attached hydrogen (secondary N) is 1. The van der Waals surface area contributed by atoms with Crippen LogP contribution in [-0.2, 0) is 14.8 Å². The van der Waals surface area contributed by atoms with Gasteiger partial charge < -0.3 is 9.47 Å². The highest BCUT2D eigenvalue weighted by Crippen LogP contribution is 2.17. The highest BCUT2D eigenvalue weighted by Gasteiger charge is 2.18. The van der Waals surface area contributed by atoms with Gasteiger partial charge in [-0.15, -0.1) is 0 Å². The van der Waals surface area contributed by atoms with Crippen LogP contribution >= 0.6 is 0 Å². The third-order valence-corrected chi connectivity index (χ3v) is 4.71. The molecular formula is C13H19NO4S. The third kappa shape index (κ3) is 3.92. The topological polar surface area (TPSA) is 64.6 Å². The van der Waals surface area contributed by atoms with Crippen molar-refractivity contribution in [3.8, 4) is 5.75 Å². The van der Waals surface area contributed by atoms with Crippen LogP contribution in [0.4, 0.5) is 0 Å². The fraction of sp³-hybridized carbons (Fsp3) is 0.538. The highest BCUT2D eigenvalue weighted by atomic mass is 32.2. The molecule has 1 aliphatic rings. The SMILES string of the molecule is COc1ccc(S(=O)(=O)NCC2CCOCC2)cc1. The first-order valence-corrected chi connectivity index (χ1v) is 7.81. The number of sulfonamides is 1. The molecule has 2 rings (SSSR count). The molecule has 0 unspecified atom stereocenters. The van der Waals surface area contributed by atoms with Gasteiger partial charge >= 0.3 is 0 Å². The molecule has 1 N–H and O–H groups in total. The zero-order valence-electron chi connectivity index (χ0n) is 11.0. The summed E-state index contributed by atoms with van der Waals surface area (Å²) in [6.45, 7) is 1.90. The number of hydrogen-bond acceptors (Lipinski definition) is 4. The monoisotopic (exact) mass is 285 g/mol. The van der Waals surface area contributed by atoms with Gasteiger partial charge in [-0.2, -0.15) is 0 Å².